The van der Waals surface area contributed by atoms with Crippen molar-refractivity contribution >= 4 is 43.0 Å². The molecule has 2 aromatic rings. The molecule has 170 valence electrons. The van der Waals surface area contributed by atoms with Crippen LogP contribution in [0.1, 0.15) is 41.8 Å². The van der Waals surface area contributed by atoms with Crippen LogP contribution in [0.25, 0.3) is 0 Å². The van der Waals surface area contributed by atoms with Crippen molar-refractivity contribution in [2.45, 2.75) is 52.1 Å². The Morgan fingerprint density at radius 1 is 1.00 bits per heavy atom. The lowest BCUT2D eigenvalue weighted by molar-refractivity contribution is 0.0354. The van der Waals surface area contributed by atoms with Crippen molar-refractivity contribution in [3.63, 3.8) is 0 Å². The Balaban J connectivity index is 0.00000280. The van der Waals surface area contributed by atoms with Crippen molar-refractivity contribution in [3.8, 4) is 0 Å². The lowest BCUT2D eigenvalue weighted by atomic mass is 9.99. The van der Waals surface area contributed by atoms with Gasteiger partial charge < -0.3 is 15.8 Å². The van der Waals surface area contributed by atoms with Gasteiger partial charge in [-0.1, -0.05) is 6.42 Å². The van der Waals surface area contributed by atoms with Gasteiger partial charge in [-0.3, -0.25) is 4.98 Å². The fraction of sp³-hybridized carbons (Fsp3) is 0.545. The molecule has 0 bridgehead atoms. The topological polar surface area (TPSA) is 73.1 Å². The van der Waals surface area contributed by atoms with Crippen LogP contribution in [0, 0.1) is 19.8 Å². The lowest BCUT2D eigenvalue weighted by Crippen LogP contribution is -2.25. The third kappa shape index (κ3) is 9.36. The van der Waals surface area contributed by atoms with Gasteiger partial charge in [0, 0.05) is 43.2 Å². The van der Waals surface area contributed by atoms with E-state index in [2.05, 4.69) is 41.3 Å². The normalized spacial score (nSPS) is 17.5. The van der Waals surface area contributed by atoms with Crippen molar-refractivity contribution in [3.05, 3.63) is 53.0 Å². The summed E-state index contributed by atoms with van der Waals surface area (Å²) in [6.07, 6.45) is 7.59. The summed E-state index contributed by atoms with van der Waals surface area (Å²) in [6.45, 7) is 6.92. The second kappa shape index (κ2) is 14.8. The molecule has 5 nitrogen and oxygen atoms in total. The van der Waals surface area contributed by atoms with E-state index >= 15 is 0 Å². The Morgan fingerprint density at radius 2 is 1.77 bits per heavy atom. The highest BCUT2D eigenvalue weighted by Crippen LogP contribution is 2.20. The van der Waals surface area contributed by atoms with E-state index in [4.69, 9.17) is 10.5 Å². The monoisotopic (exact) mass is 476 g/mol. The Kier molecular flexibility index (Phi) is 14.3. The van der Waals surface area contributed by atoms with Crippen LogP contribution in [-0.2, 0) is 17.6 Å². The van der Waals surface area contributed by atoms with Gasteiger partial charge in [-0.2, -0.15) is 0 Å². The first kappa shape index (κ1) is 28.9. The molecular weight excluding hydrogens is 443 g/mol. The molecule has 0 aromatic carbocycles. The Labute approximate surface area is 199 Å². The van der Waals surface area contributed by atoms with E-state index in [-0.39, 0.29) is 43.3 Å². The summed E-state index contributed by atoms with van der Waals surface area (Å²) in [5, 5.41) is 3.46. The zero-order valence-corrected chi connectivity index (χ0v) is 20.3. The summed E-state index contributed by atoms with van der Waals surface area (Å²) >= 11 is 0. The van der Waals surface area contributed by atoms with Crippen LogP contribution in [0.3, 0.4) is 0 Å². The first-order valence-electron chi connectivity index (χ1n) is 10.1. The number of ether oxygens (including phenoxy) is 1. The number of nitrogens with zero attached hydrogens (tertiary/aromatic N) is 2. The van der Waals surface area contributed by atoms with Gasteiger partial charge in [0.05, 0.1) is 6.10 Å². The molecule has 0 aliphatic carbocycles. The SMILES string of the molecule is Cc1ccnc(CCCCCO[C@H]2CNC[C@H]2Cc2cc(C)cc(N)n2)c1.Cl.Cl.Cl. The fourth-order valence-electron chi connectivity index (χ4n) is 3.80. The maximum atomic E-state index is 6.18. The quantitative estimate of drug-likeness (QED) is 0.520. The molecule has 1 aliphatic heterocycles. The van der Waals surface area contributed by atoms with Gasteiger partial charge in [-0.05, 0) is 74.9 Å². The fourth-order valence-corrected chi connectivity index (χ4v) is 3.80. The van der Waals surface area contributed by atoms with Gasteiger partial charge >= 0.3 is 0 Å². The van der Waals surface area contributed by atoms with Crippen molar-refractivity contribution in [2.75, 3.05) is 25.4 Å². The van der Waals surface area contributed by atoms with Gasteiger partial charge in [-0.15, -0.1) is 37.2 Å². The molecule has 0 unspecified atom stereocenters. The molecule has 3 heterocycles. The highest BCUT2D eigenvalue weighted by molar-refractivity contribution is 5.86. The summed E-state index contributed by atoms with van der Waals surface area (Å²) in [6, 6.07) is 8.27. The lowest BCUT2D eigenvalue weighted by Gasteiger charge is -2.19. The number of hydrogen-bond donors (Lipinski definition) is 2. The number of halogens is 3. The Bertz CT molecular complexity index is 728. The minimum absolute atomic E-state index is 0. The van der Waals surface area contributed by atoms with E-state index < -0.39 is 0 Å². The minimum atomic E-state index is 0. The van der Waals surface area contributed by atoms with E-state index in [0.29, 0.717) is 11.7 Å². The van der Waals surface area contributed by atoms with E-state index in [1.165, 1.54) is 29.7 Å². The van der Waals surface area contributed by atoms with Gasteiger partial charge in [0.15, 0.2) is 0 Å². The third-order valence-corrected chi connectivity index (χ3v) is 5.17. The number of unbranched alkanes of at least 4 members (excludes halogenated alkanes) is 2. The number of nitrogens with two attached hydrogens (primary N) is 1. The van der Waals surface area contributed by atoms with E-state index in [9.17, 15) is 0 Å². The predicted molar refractivity (Wildman–Crippen MR) is 131 cm³/mol. The zero-order valence-electron chi connectivity index (χ0n) is 17.8. The van der Waals surface area contributed by atoms with Gasteiger partial charge in [-0.25, -0.2) is 4.98 Å². The summed E-state index contributed by atoms with van der Waals surface area (Å²) in [7, 11) is 0. The number of nitrogens with one attached hydrogen (secondary N) is 1. The molecule has 0 saturated carbocycles. The molecule has 1 saturated heterocycles. The van der Waals surface area contributed by atoms with Crippen molar-refractivity contribution < 1.29 is 4.74 Å². The summed E-state index contributed by atoms with van der Waals surface area (Å²) in [4.78, 5) is 8.90. The molecular formula is C22H35Cl3N4O. The van der Waals surface area contributed by atoms with E-state index in [1.807, 2.05) is 18.3 Å². The zero-order chi connectivity index (χ0) is 19.1. The molecule has 30 heavy (non-hydrogen) atoms. The number of pyridine rings is 2. The number of hydrogen-bond acceptors (Lipinski definition) is 5. The highest BCUT2D eigenvalue weighted by Gasteiger charge is 2.28. The van der Waals surface area contributed by atoms with Gasteiger partial charge in [0.2, 0.25) is 0 Å². The Morgan fingerprint density at radius 3 is 2.50 bits per heavy atom. The molecule has 1 fully saturated rings. The van der Waals surface area contributed by atoms with Gasteiger partial charge in [0.1, 0.15) is 5.82 Å². The minimum Gasteiger partial charge on any atom is -0.384 e. The van der Waals surface area contributed by atoms with Crippen LogP contribution in [-0.4, -0.2) is 35.8 Å². The average Bonchev–Trinajstić information content (AvgIpc) is 3.04. The molecule has 0 radical (unpaired) electrons. The predicted octanol–water partition coefficient (Wildman–Crippen LogP) is 4.50. The summed E-state index contributed by atoms with van der Waals surface area (Å²) < 4.78 is 6.18. The van der Waals surface area contributed by atoms with Crippen molar-refractivity contribution in [2.24, 2.45) is 5.92 Å². The number of aromatic nitrogens is 2. The van der Waals surface area contributed by atoms with Crippen LogP contribution in [0.5, 0.6) is 0 Å². The molecule has 1 aliphatic rings. The second-order valence-corrected chi connectivity index (χ2v) is 7.73. The highest BCUT2D eigenvalue weighted by atomic mass is 35.5. The van der Waals surface area contributed by atoms with E-state index in [0.717, 1.165) is 44.7 Å². The first-order chi connectivity index (χ1) is 13.1. The maximum Gasteiger partial charge on any atom is 0.123 e. The number of aryl methyl sites for hydroxylation is 3. The standard InChI is InChI=1S/C22H32N4O.3ClH/c1-16-7-8-25-19(10-16)6-4-3-5-9-27-21-15-24-14-18(21)13-20-11-17(2)12-22(23)26-20;;;/h7-8,10-12,18,21,24H,3-6,9,13-15H2,1-2H3,(H2,23,26);3*1H/t18-,21+;;;/m1.../s1. The van der Waals surface area contributed by atoms with Crippen LogP contribution in [0.4, 0.5) is 5.82 Å². The number of nitrogen functional groups attached to an aromatic ring is 1. The van der Waals surface area contributed by atoms with E-state index in [1.54, 1.807) is 0 Å². The number of anilines is 1. The smallest absolute Gasteiger partial charge is 0.123 e. The number of rotatable bonds is 9. The first-order valence-corrected chi connectivity index (χ1v) is 10.1. The largest absolute Gasteiger partial charge is 0.384 e. The summed E-state index contributed by atoms with van der Waals surface area (Å²) in [5.41, 5.74) is 10.6. The average molecular weight is 478 g/mol. The maximum absolute atomic E-state index is 6.18. The van der Waals surface area contributed by atoms with Crippen LogP contribution >= 0.6 is 37.2 Å². The third-order valence-electron chi connectivity index (χ3n) is 5.17. The summed E-state index contributed by atoms with van der Waals surface area (Å²) in [5.74, 6) is 1.08. The molecule has 2 aromatic heterocycles. The molecule has 0 spiro atoms. The van der Waals surface area contributed by atoms with Crippen LogP contribution < -0.4 is 11.1 Å². The molecule has 0 amide bonds. The van der Waals surface area contributed by atoms with Crippen molar-refractivity contribution in [1.82, 2.24) is 15.3 Å². The van der Waals surface area contributed by atoms with Crippen LogP contribution in [0.2, 0.25) is 0 Å². The Hall–Kier alpha value is -1.11. The van der Waals surface area contributed by atoms with Crippen molar-refractivity contribution in [1.29, 1.82) is 0 Å². The molecule has 8 heteroatoms. The second-order valence-electron chi connectivity index (χ2n) is 7.73. The molecule has 3 N–H and O–H groups in total. The van der Waals surface area contributed by atoms with Gasteiger partial charge in [0.25, 0.3) is 0 Å². The molecule has 2 atom stereocenters. The molecule has 3 rings (SSSR count). The van der Waals surface area contributed by atoms with Crippen LogP contribution in [0.15, 0.2) is 30.5 Å².